The van der Waals surface area contributed by atoms with E-state index in [4.69, 9.17) is 5.14 Å². The maximum atomic E-state index is 13.6. The molecule has 1 fully saturated rings. The van der Waals surface area contributed by atoms with Crippen LogP contribution in [0.3, 0.4) is 0 Å². The van der Waals surface area contributed by atoms with Crippen molar-refractivity contribution in [3.8, 4) is 6.07 Å². The number of anilines is 1. The van der Waals surface area contributed by atoms with Crippen molar-refractivity contribution in [2.24, 2.45) is 17.0 Å². The molecule has 1 aliphatic carbocycles. The number of thiophene rings is 1. The lowest BCUT2D eigenvalue weighted by Gasteiger charge is -2.19. The molecule has 3 atom stereocenters. The summed E-state index contributed by atoms with van der Waals surface area (Å²) in [4.78, 5) is 26.0. The number of aliphatic hydroxyl groups is 1. The van der Waals surface area contributed by atoms with E-state index < -0.39 is 16.4 Å². The predicted molar refractivity (Wildman–Crippen MR) is 145 cm³/mol. The maximum Gasteiger partial charge on any atom is 0.333 e. The maximum absolute atomic E-state index is 13.6. The first-order valence-corrected chi connectivity index (χ1v) is 15.0. The van der Waals surface area contributed by atoms with Gasteiger partial charge in [0.1, 0.15) is 6.33 Å². The number of carbonyl (C=O) groups is 1. The zero-order valence-corrected chi connectivity index (χ0v) is 23.0. The van der Waals surface area contributed by atoms with Crippen molar-refractivity contribution in [3.05, 3.63) is 74.5 Å². The van der Waals surface area contributed by atoms with Crippen molar-refractivity contribution < 1.29 is 22.5 Å². The van der Waals surface area contributed by atoms with Crippen molar-refractivity contribution in [1.29, 1.82) is 5.26 Å². The number of aromatic nitrogens is 2. The lowest BCUT2D eigenvalue weighted by Crippen LogP contribution is -2.24. The summed E-state index contributed by atoms with van der Waals surface area (Å²) < 4.78 is 26.9. The van der Waals surface area contributed by atoms with Gasteiger partial charge < -0.3 is 10.0 Å². The fourth-order valence-corrected chi connectivity index (χ4v) is 6.88. The van der Waals surface area contributed by atoms with Crippen LogP contribution in [0, 0.1) is 30.1 Å². The van der Waals surface area contributed by atoms with Gasteiger partial charge in [-0.2, -0.15) is 13.7 Å². The zero-order valence-electron chi connectivity index (χ0n) is 21.4. The van der Waals surface area contributed by atoms with E-state index in [1.54, 1.807) is 0 Å². The molecule has 2 aliphatic rings. The number of nitrogens with two attached hydrogens (primary N) is 1. The van der Waals surface area contributed by atoms with Crippen molar-refractivity contribution in [2.75, 3.05) is 18.1 Å². The number of hydrogen-bond donors (Lipinski definition) is 2. The van der Waals surface area contributed by atoms with Gasteiger partial charge in [-0.3, -0.25) is 8.98 Å². The van der Waals surface area contributed by atoms with Crippen LogP contribution in [0.1, 0.15) is 55.3 Å². The van der Waals surface area contributed by atoms with Gasteiger partial charge in [-0.1, -0.05) is 6.07 Å². The van der Waals surface area contributed by atoms with E-state index in [1.165, 1.54) is 29.4 Å². The number of ketones is 1. The first-order chi connectivity index (χ1) is 18.6. The Morgan fingerprint density at radius 1 is 1.33 bits per heavy atom. The number of aliphatic hydroxyl groups excluding tert-OH is 1. The van der Waals surface area contributed by atoms with Gasteiger partial charge in [-0.25, -0.2) is 15.1 Å². The molecule has 0 radical (unpaired) electrons. The molecule has 10 nitrogen and oxygen atoms in total. The summed E-state index contributed by atoms with van der Waals surface area (Å²) in [6, 6.07) is 9.93. The summed E-state index contributed by atoms with van der Waals surface area (Å²) in [7, 11) is -4.08. The smallest absolute Gasteiger partial charge is 0.333 e. The molecule has 2 aromatic heterocycles. The Morgan fingerprint density at radius 3 is 2.92 bits per heavy atom. The van der Waals surface area contributed by atoms with Crippen LogP contribution in [0.5, 0.6) is 0 Å². The molecule has 3 heterocycles. The van der Waals surface area contributed by atoms with Gasteiger partial charge in [0.05, 0.1) is 40.5 Å². The van der Waals surface area contributed by atoms with Crippen LogP contribution in [0.2, 0.25) is 0 Å². The Hall–Kier alpha value is -3.21. The third kappa shape index (κ3) is 6.18. The fraction of sp³-hybridized carbons (Fsp3) is 0.407. The zero-order chi connectivity index (χ0) is 27.7. The summed E-state index contributed by atoms with van der Waals surface area (Å²) in [6.45, 7) is 3.34. The van der Waals surface area contributed by atoms with E-state index in [1.807, 2.05) is 31.2 Å². The van der Waals surface area contributed by atoms with Crippen molar-refractivity contribution in [2.45, 2.75) is 45.3 Å². The van der Waals surface area contributed by atoms with Gasteiger partial charge in [-0.05, 0) is 67.9 Å². The molecule has 12 heteroatoms. The van der Waals surface area contributed by atoms with Crippen LogP contribution < -0.4 is 10.0 Å². The van der Waals surface area contributed by atoms with Crippen LogP contribution in [-0.2, 0) is 33.9 Å². The largest absolute Gasteiger partial charge is 0.393 e. The van der Waals surface area contributed by atoms with Gasteiger partial charge in [0.25, 0.3) is 0 Å². The Morgan fingerprint density at radius 2 is 2.15 bits per heavy atom. The lowest BCUT2D eigenvalue weighted by molar-refractivity contribution is 0.100. The number of carbonyl (C=O) groups excluding carboxylic acids is 1. The van der Waals surface area contributed by atoms with Gasteiger partial charge >= 0.3 is 10.3 Å². The van der Waals surface area contributed by atoms with Gasteiger partial charge in [0.15, 0.2) is 0 Å². The highest BCUT2D eigenvalue weighted by atomic mass is 32.2. The monoisotopic (exact) mass is 567 g/mol. The second kappa shape index (κ2) is 11.1. The van der Waals surface area contributed by atoms with Crippen LogP contribution in [0.4, 0.5) is 5.69 Å². The minimum atomic E-state index is -4.08. The molecule has 0 bridgehead atoms. The van der Waals surface area contributed by atoms with E-state index in [0.717, 1.165) is 29.1 Å². The van der Waals surface area contributed by atoms with Gasteiger partial charge in [0.2, 0.25) is 5.78 Å². The third-order valence-corrected chi connectivity index (χ3v) is 9.09. The Kier molecular flexibility index (Phi) is 7.80. The molecule has 204 valence electrons. The summed E-state index contributed by atoms with van der Waals surface area (Å²) in [6.07, 6.45) is 4.57. The number of nitriles is 1. The van der Waals surface area contributed by atoms with Crippen LogP contribution >= 0.6 is 11.3 Å². The highest BCUT2D eigenvalue weighted by molar-refractivity contribution is 7.84. The normalized spacial score (nSPS) is 20.7. The number of rotatable bonds is 9. The average molecular weight is 568 g/mol. The number of hydrogen-bond acceptors (Lipinski definition) is 10. The topological polar surface area (TPSA) is 159 Å². The second-order valence-electron chi connectivity index (χ2n) is 10.2. The fourth-order valence-electron chi connectivity index (χ4n) is 5.53. The first-order valence-electron chi connectivity index (χ1n) is 12.7. The molecule has 1 aliphatic heterocycles. The molecule has 0 amide bonds. The van der Waals surface area contributed by atoms with Crippen LogP contribution in [0.25, 0.3) is 0 Å². The molecular formula is C27H29N5O5S2. The molecule has 0 spiro atoms. The molecule has 3 aromatic rings. The van der Waals surface area contributed by atoms with E-state index in [9.17, 15) is 23.6 Å². The molecule has 1 aromatic carbocycles. The number of benzene rings is 1. The van der Waals surface area contributed by atoms with Gasteiger partial charge in [0, 0.05) is 35.8 Å². The Labute approximate surface area is 231 Å². The molecule has 5 rings (SSSR count). The summed E-state index contributed by atoms with van der Waals surface area (Å²) in [5.74, 6) is -0.507. The molecule has 39 heavy (non-hydrogen) atoms. The average Bonchev–Trinajstić information content (AvgIpc) is 3.59. The molecule has 1 saturated carbocycles. The first kappa shape index (κ1) is 27.4. The number of fused-ring (bicyclic) bond motifs is 1. The molecule has 0 saturated heterocycles. The van der Waals surface area contributed by atoms with Gasteiger partial charge in [-0.15, -0.1) is 11.3 Å². The third-order valence-electron chi connectivity index (χ3n) is 7.53. The van der Waals surface area contributed by atoms with E-state index in [-0.39, 0.29) is 24.2 Å². The Bertz CT molecular complexity index is 1550. The summed E-state index contributed by atoms with van der Waals surface area (Å²) in [5, 5.41) is 24.6. The second-order valence-corrected chi connectivity index (χ2v) is 12.7. The molecule has 0 unspecified atom stereocenters. The van der Waals surface area contributed by atoms with E-state index >= 15 is 0 Å². The van der Waals surface area contributed by atoms with E-state index in [2.05, 4.69) is 25.1 Å². The SMILES string of the molecule is Cc1sc(C(=O)c2cncnc2C[C@@H]2C[C@H](COS(N)(=O)=O)[C@@H](O)C2)cc1CN1CCc2ccc(C#N)cc21. The molecular weight excluding hydrogens is 538 g/mol. The lowest BCUT2D eigenvalue weighted by atomic mass is 9.96. The van der Waals surface area contributed by atoms with Crippen molar-refractivity contribution >= 4 is 33.1 Å². The van der Waals surface area contributed by atoms with Crippen molar-refractivity contribution in [3.63, 3.8) is 0 Å². The summed E-state index contributed by atoms with van der Waals surface area (Å²) in [5.41, 5.74) is 5.01. The number of aryl methyl sites for hydroxylation is 1. The highest BCUT2D eigenvalue weighted by Crippen LogP contribution is 2.36. The minimum Gasteiger partial charge on any atom is -0.393 e. The molecule has 3 N–H and O–H groups in total. The van der Waals surface area contributed by atoms with E-state index in [0.29, 0.717) is 47.5 Å². The predicted octanol–water partition coefficient (Wildman–Crippen LogP) is 2.66. The summed E-state index contributed by atoms with van der Waals surface area (Å²) >= 11 is 1.44. The van der Waals surface area contributed by atoms with Crippen molar-refractivity contribution in [1.82, 2.24) is 9.97 Å². The van der Waals surface area contributed by atoms with Crippen LogP contribution in [0.15, 0.2) is 36.8 Å². The number of nitrogens with zero attached hydrogens (tertiary/aromatic N) is 4. The standard InChI is InChI=1S/C27H29N5O5S2/c1-16-20(13-32-5-4-19-3-2-17(11-28)8-24(19)32)10-26(38-16)27(34)22-12-30-15-31-23(22)7-18-6-21(25(33)9-18)14-37-39(29,35)36/h2-3,8,10,12,15,18,21,25,33H,4-7,9,13-14H2,1H3,(H2,29,35,36)/t18-,21+,25-/m0/s1. The quantitative estimate of drug-likeness (QED) is 0.371. The highest BCUT2D eigenvalue weighted by Gasteiger charge is 2.35. The Balaban J connectivity index is 1.30. The van der Waals surface area contributed by atoms with Crippen LogP contribution in [-0.4, -0.2) is 48.5 Å². The minimum absolute atomic E-state index is 0.00435.